The molecule has 0 radical (unpaired) electrons. The largest absolute Gasteiger partial charge is 0.342 e. The van der Waals surface area contributed by atoms with Crippen LogP contribution in [0.2, 0.25) is 0 Å². The van der Waals surface area contributed by atoms with Crippen molar-refractivity contribution < 1.29 is 27.2 Å². The van der Waals surface area contributed by atoms with Gasteiger partial charge in [0.25, 0.3) is 11.8 Å². The van der Waals surface area contributed by atoms with E-state index in [2.05, 4.69) is 20.3 Å². The van der Waals surface area contributed by atoms with Crippen molar-refractivity contribution in [3.05, 3.63) is 71.6 Å². The van der Waals surface area contributed by atoms with E-state index in [-0.39, 0.29) is 53.9 Å². The van der Waals surface area contributed by atoms with Crippen molar-refractivity contribution in [1.29, 1.82) is 0 Å². The molecule has 0 bridgehead atoms. The number of amides is 2. The van der Waals surface area contributed by atoms with Crippen molar-refractivity contribution in [2.75, 3.05) is 19.4 Å². The summed E-state index contributed by atoms with van der Waals surface area (Å²) in [7, 11) is 3.06. The van der Waals surface area contributed by atoms with Crippen LogP contribution in [-0.2, 0) is 0 Å². The fourth-order valence-corrected chi connectivity index (χ4v) is 4.10. The lowest BCUT2D eigenvalue weighted by Gasteiger charge is -2.29. The van der Waals surface area contributed by atoms with E-state index in [1.165, 1.54) is 43.7 Å². The van der Waals surface area contributed by atoms with Crippen molar-refractivity contribution in [1.82, 2.24) is 19.9 Å². The number of hydrogen-bond acceptors (Lipinski definition) is 5. The van der Waals surface area contributed by atoms with E-state index >= 15 is 0 Å². The lowest BCUT2D eigenvalue weighted by atomic mass is 9.83. The summed E-state index contributed by atoms with van der Waals surface area (Å²) in [5.74, 6) is -5.86. The molecule has 1 fully saturated rings. The van der Waals surface area contributed by atoms with E-state index in [0.717, 1.165) is 18.2 Å². The van der Waals surface area contributed by atoms with Crippen molar-refractivity contribution >= 4 is 17.5 Å². The first-order valence-electron chi connectivity index (χ1n) is 11.2. The third-order valence-corrected chi connectivity index (χ3v) is 6.05. The molecule has 11 heteroatoms. The van der Waals surface area contributed by atoms with Crippen LogP contribution >= 0.6 is 0 Å². The first-order chi connectivity index (χ1) is 17.1. The molecule has 188 valence electrons. The Hall–Kier alpha value is -3.89. The number of nitrogens with one attached hydrogen (secondary N) is 1. The lowest BCUT2D eigenvalue weighted by Crippen LogP contribution is -2.25. The van der Waals surface area contributed by atoms with Gasteiger partial charge in [-0.3, -0.25) is 14.6 Å². The summed E-state index contributed by atoms with van der Waals surface area (Å²) in [6.07, 6.45) is 3.24. The molecule has 2 heterocycles. The maximum atomic E-state index is 14.7. The molecule has 2 amide bonds. The van der Waals surface area contributed by atoms with E-state index in [0.29, 0.717) is 5.69 Å². The minimum absolute atomic E-state index is 0.000880. The van der Waals surface area contributed by atoms with Gasteiger partial charge in [-0.05, 0) is 37.1 Å². The zero-order chi connectivity index (χ0) is 26.0. The van der Waals surface area contributed by atoms with Crippen LogP contribution in [0.3, 0.4) is 0 Å². The molecular weight excluding hydrogens is 478 g/mol. The van der Waals surface area contributed by atoms with Crippen molar-refractivity contribution in [3.8, 4) is 11.1 Å². The second kappa shape index (κ2) is 10.00. The van der Waals surface area contributed by atoms with Crippen LogP contribution in [-0.4, -0.2) is 51.7 Å². The van der Waals surface area contributed by atoms with Crippen LogP contribution in [0, 0.1) is 11.6 Å². The molecule has 36 heavy (non-hydrogen) atoms. The SMILES string of the molecule is CN(C)C(=O)c1ncc(C(=O)Nc2c(-c3cc(F)ccc3F)ccnc2C2CCC(F)(F)CC2)cn1. The number of rotatable bonds is 5. The van der Waals surface area contributed by atoms with Gasteiger partial charge in [0.05, 0.1) is 16.9 Å². The third kappa shape index (κ3) is 5.34. The smallest absolute Gasteiger partial charge is 0.291 e. The highest BCUT2D eigenvalue weighted by Gasteiger charge is 2.37. The Morgan fingerprint density at radius 3 is 2.31 bits per heavy atom. The molecule has 3 aromatic rings. The molecule has 0 atom stereocenters. The average Bonchev–Trinajstić information content (AvgIpc) is 2.85. The normalized spacial score (nSPS) is 15.4. The van der Waals surface area contributed by atoms with Gasteiger partial charge in [0.1, 0.15) is 11.6 Å². The Morgan fingerprint density at radius 2 is 1.67 bits per heavy atom. The third-order valence-electron chi connectivity index (χ3n) is 6.05. The zero-order valence-electron chi connectivity index (χ0n) is 19.6. The van der Waals surface area contributed by atoms with Gasteiger partial charge in [-0.15, -0.1) is 0 Å². The molecule has 0 aliphatic heterocycles. The number of alkyl halides is 2. The van der Waals surface area contributed by atoms with Crippen molar-refractivity contribution in [2.45, 2.75) is 37.5 Å². The number of anilines is 1. The van der Waals surface area contributed by atoms with Crippen LogP contribution in [0.1, 0.15) is 58.3 Å². The minimum atomic E-state index is -2.78. The summed E-state index contributed by atoms with van der Waals surface area (Å²) < 4.78 is 56.3. The Kier molecular flexibility index (Phi) is 7.00. The predicted molar refractivity (Wildman–Crippen MR) is 124 cm³/mol. The summed E-state index contributed by atoms with van der Waals surface area (Å²) in [6.45, 7) is 0. The van der Waals surface area contributed by atoms with Crippen molar-refractivity contribution in [3.63, 3.8) is 0 Å². The van der Waals surface area contributed by atoms with Gasteiger partial charge in [0.15, 0.2) is 0 Å². The van der Waals surface area contributed by atoms with E-state index < -0.39 is 35.3 Å². The number of aromatic nitrogens is 3. The van der Waals surface area contributed by atoms with Gasteiger partial charge < -0.3 is 10.2 Å². The molecule has 1 aliphatic carbocycles. The second-order valence-electron chi connectivity index (χ2n) is 8.82. The summed E-state index contributed by atoms with van der Waals surface area (Å²) in [5, 5.41) is 2.68. The van der Waals surface area contributed by atoms with E-state index in [1.54, 1.807) is 0 Å². The number of halogens is 4. The van der Waals surface area contributed by atoms with Crippen LogP contribution in [0.4, 0.5) is 23.2 Å². The minimum Gasteiger partial charge on any atom is -0.342 e. The molecule has 1 aromatic carbocycles. The van der Waals surface area contributed by atoms with Crippen LogP contribution in [0.25, 0.3) is 11.1 Å². The Labute approximate surface area is 204 Å². The molecule has 1 aliphatic rings. The predicted octanol–water partition coefficient (Wildman–Crippen LogP) is 5.06. The molecule has 0 saturated heterocycles. The van der Waals surface area contributed by atoms with Gasteiger partial charge in [-0.2, -0.15) is 0 Å². The number of carbonyl (C=O) groups excluding carboxylic acids is 2. The fraction of sp³-hybridized carbons (Fsp3) is 0.320. The molecule has 0 spiro atoms. The molecule has 2 aromatic heterocycles. The zero-order valence-corrected chi connectivity index (χ0v) is 19.6. The van der Waals surface area contributed by atoms with Crippen molar-refractivity contribution in [2.24, 2.45) is 0 Å². The topological polar surface area (TPSA) is 88.1 Å². The lowest BCUT2D eigenvalue weighted by molar-refractivity contribution is -0.0384. The molecule has 0 unspecified atom stereocenters. The van der Waals surface area contributed by atoms with Gasteiger partial charge in [0.2, 0.25) is 11.7 Å². The fourth-order valence-electron chi connectivity index (χ4n) is 4.10. The molecular formula is C25H23F4N5O2. The Morgan fingerprint density at radius 1 is 1.00 bits per heavy atom. The first kappa shape index (κ1) is 25.2. The maximum absolute atomic E-state index is 14.7. The number of nitrogens with zero attached hydrogens (tertiary/aromatic N) is 4. The maximum Gasteiger partial charge on any atom is 0.291 e. The highest BCUT2D eigenvalue weighted by Crippen LogP contribution is 2.44. The van der Waals surface area contributed by atoms with E-state index in [1.807, 2.05) is 0 Å². The quantitative estimate of drug-likeness (QED) is 0.494. The van der Waals surface area contributed by atoms with Crippen LogP contribution in [0.5, 0.6) is 0 Å². The van der Waals surface area contributed by atoms with Gasteiger partial charge in [-0.1, -0.05) is 0 Å². The Bertz CT molecular complexity index is 1290. The van der Waals surface area contributed by atoms with Gasteiger partial charge in [0, 0.05) is 62.6 Å². The average molecular weight is 501 g/mol. The summed E-state index contributed by atoms with van der Waals surface area (Å²) >= 11 is 0. The van der Waals surface area contributed by atoms with E-state index in [4.69, 9.17) is 0 Å². The highest BCUT2D eigenvalue weighted by molar-refractivity contribution is 6.06. The summed E-state index contributed by atoms with van der Waals surface area (Å²) in [5.41, 5.74) is 0.443. The molecule has 4 rings (SSSR count). The second-order valence-corrected chi connectivity index (χ2v) is 8.82. The number of carbonyl (C=O) groups is 2. The number of benzene rings is 1. The van der Waals surface area contributed by atoms with Crippen LogP contribution < -0.4 is 5.32 Å². The number of pyridine rings is 1. The first-order valence-corrected chi connectivity index (χ1v) is 11.2. The Balaban J connectivity index is 1.73. The monoisotopic (exact) mass is 501 g/mol. The molecule has 1 saturated carbocycles. The van der Waals surface area contributed by atoms with Gasteiger partial charge >= 0.3 is 0 Å². The van der Waals surface area contributed by atoms with Gasteiger partial charge in [-0.25, -0.2) is 27.5 Å². The summed E-state index contributed by atoms with van der Waals surface area (Å²) in [4.78, 5) is 38.6. The number of hydrogen-bond donors (Lipinski definition) is 1. The standard InChI is InChI=1S/C25H23F4N5O2/c1-34(2)24(36)22-31-12-15(13-32-22)23(35)33-21-17(18-11-16(26)3-4-19(18)27)7-10-30-20(21)14-5-8-25(28,29)9-6-14/h3-4,7,10-14H,5-6,8-9H2,1-2H3,(H,33,35). The van der Waals surface area contributed by atoms with Crippen LogP contribution in [0.15, 0.2) is 42.9 Å². The van der Waals surface area contributed by atoms with E-state index in [9.17, 15) is 27.2 Å². The molecule has 1 N–H and O–H groups in total. The highest BCUT2D eigenvalue weighted by atomic mass is 19.3. The molecule has 7 nitrogen and oxygen atoms in total. The summed E-state index contributed by atoms with van der Waals surface area (Å²) in [6, 6.07) is 4.34.